The number of amides is 1. The van der Waals surface area contributed by atoms with Crippen LogP contribution in [0.15, 0.2) is 55.1 Å². The molecule has 0 aliphatic carbocycles. The SMILES string of the molecule is CO[P+](OC)(c1cc(C)cc(Cl)c1)c1c(C(=O)NCc2cncnc2)[nH]c2ccc(Cl)cc12. The third-order valence-corrected chi connectivity index (χ3v) is 8.68. The van der Waals surface area contributed by atoms with E-state index in [4.69, 9.17) is 32.2 Å². The van der Waals surface area contributed by atoms with Crippen LogP contribution in [-0.2, 0) is 15.6 Å². The Morgan fingerprint density at radius 1 is 1.06 bits per heavy atom. The Balaban J connectivity index is 1.90. The third kappa shape index (κ3) is 4.60. The maximum absolute atomic E-state index is 13.4. The van der Waals surface area contributed by atoms with E-state index in [1.165, 1.54) is 6.33 Å². The number of aromatic nitrogens is 3. The van der Waals surface area contributed by atoms with Gasteiger partial charge in [-0.3, -0.25) is 4.79 Å². The summed E-state index contributed by atoms with van der Waals surface area (Å²) in [6.07, 6.45) is 4.74. The van der Waals surface area contributed by atoms with E-state index in [-0.39, 0.29) is 12.5 Å². The number of nitrogens with zero attached hydrogens (tertiary/aromatic N) is 2. The maximum atomic E-state index is 13.4. The number of hydrogen-bond donors (Lipinski definition) is 2. The normalized spacial score (nSPS) is 11.7. The van der Waals surface area contributed by atoms with Crippen LogP contribution in [0.25, 0.3) is 10.9 Å². The van der Waals surface area contributed by atoms with Crippen LogP contribution in [0.5, 0.6) is 0 Å². The van der Waals surface area contributed by atoms with Crippen molar-refractivity contribution in [3.05, 3.63) is 82.0 Å². The Morgan fingerprint density at radius 3 is 2.45 bits per heavy atom. The van der Waals surface area contributed by atoms with Gasteiger partial charge in [-0.15, -0.1) is 0 Å². The Bertz CT molecular complexity index is 1290. The maximum Gasteiger partial charge on any atom is 0.341 e. The highest BCUT2D eigenvalue weighted by atomic mass is 35.5. The number of carbonyl (C=O) groups is 1. The average Bonchev–Trinajstić information content (AvgIpc) is 3.18. The number of halogens is 2. The van der Waals surface area contributed by atoms with Crippen LogP contribution in [0.4, 0.5) is 0 Å². The molecule has 0 atom stereocenters. The molecule has 0 radical (unpaired) electrons. The second kappa shape index (κ2) is 9.75. The fraction of sp³-hybridized carbons (Fsp3) is 0.174. The number of carbonyl (C=O) groups excluding carboxylic acids is 1. The van der Waals surface area contributed by atoms with Crippen molar-refractivity contribution < 1.29 is 13.8 Å². The molecule has 0 saturated carbocycles. The summed E-state index contributed by atoms with van der Waals surface area (Å²) in [6, 6.07) is 11.0. The molecular weight excluding hydrogens is 482 g/mol. The summed E-state index contributed by atoms with van der Waals surface area (Å²) in [5.74, 6) is -0.321. The van der Waals surface area contributed by atoms with Crippen molar-refractivity contribution in [1.29, 1.82) is 0 Å². The van der Waals surface area contributed by atoms with Crippen molar-refractivity contribution in [2.24, 2.45) is 0 Å². The number of fused-ring (bicyclic) bond motifs is 1. The predicted octanol–water partition coefficient (Wildman–Crippen LogP) is 4.59. The highest BCUT2D eigenvalue weighted by molar-refractivity contribution is 7.81. The molecule has 0 unspecified atom stereocenters. The topological polar surface area (TPSA) is 89.1 Å². The first-order valence-corrected chi connectivity index (χ1v) is 12.4. The van der Waals surface area contributed by atoms with Gasteiger partial charge in [0.1, 0.15) is 6.33 Å². The monoisotopic (exact) mass is 503 g/mol. The Labute approximate surface area is 202 Å². The smallest absolute Gasteiger partial charge is 0.341 e. The van der Waals surface area contributed by atoms with Gasteiger partial charge in [0.05, 0.1) is 25.1 Å². The van der Waals surface area contributed by atoms with Gasteiger partial charge in [-0.1, -0.05) is 23.2 Å². The molecule has 0 aliphatic rings. The summed E-state index contributed by atoms with van der Waals surface area (Å²) in [5, 5.41) is 6.11. The van der Waals surface area contributed by atoms with E-state index >= 15 is 0 Å². The average molecular weight is 504 g/mol. The summed E-state index contributed by atoms with van der Waals surface area (Å²) in [5.41, 5.74) is 2.79. The standard InChI is InChI=1S/C23H21Cl2N4O3P/c1-14-6-17(25)8-18(7-14)33(31-2,32-3)22-19-9-16(24)4-5-20(19)29-21(22)23(30)28-12-15-10-26-13-27-11-15/h4-11,13H,12H2,1-3H3,(H-,28,29,30)/p+1. The molecule has 2 aromatic carbocycles. The Morgan fingerprint density at radius 2 is 1.79 bits per heavy atom. The molecule has 2 N–H and O–H groups in total. The van der Waals surface area contributed by atoms with E-state index in [1.54, 1.807) is 38.7 Å². The van der Waals surface area contributed by atoms with Crippen LogP contribution in [0.1, 0.15) is 21.6 Å². The third-order valence-electron chi connectivity index (χ3n) is 5.20. The predicted molar refractivity (Wildman–Crippen MR) is 133 cm³/mol. The summed E-state index contributed by atoms with van der Waals surface area (Å²) in [4.78, 5) is 24.6. The molecule has 0 aliphatic heterocycles. The first-order valence-electron chi connectivity index (χ1n) is 10.00. The van der Waals surface area contributed by atoms with E-state index < -0.39 is 7.72 Å². The van der Waals surface area contributed by atoms with Gasteiger partial charge in [-0.2, -0.15) is 9.05 Å². The molecule has 2 aromatic heterocycles. The van der Waals surface area contributed by atoms with Gasteiger partial charge >= 0.3 is 7.72 Å². The lowest BCUT2D eigenvalue weighted by Crippen LogP contribution is -2.33. The lowest BCUT2D eigenvalue weighted by Gasteiger charge is -2.22. The molecule has 7 nitrogen and oxygen atoms in total. The summed E-state index contributed by atoms with van der Waals surface area (Å²) in [7, 11) is 0.158. The number of hydrogen-bond acceptors (Lipinski definition) is 5. The summed E-state index contributed by atoms with van der Waals surface area (Å²) in [6.45, 7) is 2.20. The van der Waals surface area contributed by atoms with E-state index in [1.807, 2.05) is 31.2 Å². The van der Waals surface area contributed by atoms with Crippen molar-refractivity contribution in [3.63, 3.8) is 0 Å². The van der Waals surface area contributed by atoms with E-state index in [2.05, 4.69) is 20.3 Å². The zero-order chi connectivity index (χ0) is 23.6. The zero-order valence-electron chi connectivity index (χ0n) is 18.2. The lowest BCUT2D eigenvalue weighted by atomic mass is 10.2. The van der Waals surface area contributed by atoms with Crippen LogP contribution in [0, 0.1) is 6.92 Å². The lowest BCUT2D eigenvalue weighted by molar-refractivity contribution is 0.0947. The summed E-state index contributed by atoms with van der Waals surface area (Å²) < 4.78 is 12.2. The van der Waals surface area contributed by atoms with Crippen LogP contribution in [0.2, 0.25) is 10.0 Å². The minimum atomic E-state index is -2.98. The van der Waals surface area contributed by atoms with Crippen LogP contribution < -0.4 is 15.9 Å². The van der Waals surface area contributed by atoms with Gasteiger partial charge in [-0.25, -0.2) is 9.97 Å². The highest BCUT2D eigenvalue weighted by Crippen LogP contribution is 2.59. The van der Waals surface area contributed by atoms with Gasteiger partial charge in [-0.05, 0) is 42.8 Å². The van der Waals surface area contributed by atoms with Crippen molar-refractivity contribution >= 4 is 58.3 Å². The van der Waals surface area contributed by atoms with Gasteiger partial charge in [0.15, 0.2) is 16.3 Å². The number of benzene rings is 2. The van der Waals surface area contributed by atoms with Crippen molar-refractivity contribution in [3.8, 4) is 0 Å². The molecule has 0 fully saturated rings. The highest BCUT2D eigenvalue weighted by Gasteiger charge is 2.51. The van der Waals surface area contributed by atoms with Crippen LogP contribution >= 0.6 is 30.9 Å². The molecule has 4 rings (SSSR count). The molecule has 10 heteroatoms. The minimum Gasteiger partial charge on any atom is -0.347 e. The van der Waals surface area contributed by atoms with Crippen molar-refractivity contribution in [2.75, 3.05) is 14.2 Å². The molecule has 0 spiro atoms. The molecule has 33 heavy (non-hydrogen) atoms. The van der Waals surface area contributed by atoms with E-state index in [0.29, 0.717) is 21.0 Å². The first-order chi connectivity index (χ1) is 15.9. The Hall–Kier alpha value is -2.54. The number of nitrogens with one attached hydrogen (secondary N) is 2. The second-order valence-electron chi connectivity index (χ2n) is 7.37. The van der Waals surface area contributed by atoms with E-state index in [0.717, 1.165) is 27.3 Å². The fourth-order valence-corrected chi connectivity index (χ4v) is 7.16. The molecule has 170 valence electrons. The quantitative estimate of drug-likeness (QED) is 0.360. The van der Waals surface area contributed by atoms with Gasteiger partial charge in [0, 0.05) is 40.6 Å². The molecule has 1 amide bonds. The molecule has 0 bridgehead atoms. The van der Waals surface area contributed by atoms with Gasteiger partial charge in [0.2, 0.25) is 0 Å². The van der Waals surface area contributed by atoms with Crippen molar-refractivity contribution in [2.45, 2.75) is 13.5 Å². The molecular formula is C23H22Cl2N4O3P+. The van der Waals surface area contributed by atoms with E-state index in [9.17, 15) is 4.79 Å². The van der Waals surface area contributed by atoms with Crippen molar-refractivity contribution in [1.82, 2.24) is 20.3 Å². The zero-order valence-corrected chi connectivity index (χ0v) is 20.6. The van der Waals surface area contributed by atoms with Gasteiger partial charge in [0.25, 0.3) is 5.91 Å². The van der Waals surface area contributed by atoms with Gasteiger partial charge < -0.3 is 10.3 Å². The van der Waals surface area contributed by atoms with Crippen LogP contribution in [0.3, 0.4) is 0 Å². The minimum absolute atomic E-state index is 0.261. The Kier molecular flexibility index (Phi) is 6.98. The number of aromatic amines is 1. The summed E-state index contributed by atoms with van der Waals surface area (Å²) >= 11 is 12.7. The molecule has 2 heterocycles. The molecule has 4 aromatic rings. The number of rotatable bonds is 7. The number of H-pyrrole nitrogens is 1. The first kappa shape index (κ1) is 23.6. The second-order valence-corrected chi connectivity index (χ2v) is 11.0. The fourth-order valence-electron chi connectivity index (χ4n) is 3.80. The largest absolute Gasteiger partial charge is 0.347 e. The van der Waals surface area contributed by atoms with Crippen LogP contribution in [-0.4, -0.2) is 35.1 Å². The molecule has 0 saturated heterocycles. The number of aryl methyl sites for hydroxylation is 1.